The van der Waals surface area contributed by atoms with Crippen molar-refractivity contribution in [1.82, 2.24) is 0 Å². The van der Waals surface area contributed by atoms with E-state index in [1.807, 2.05) is 18.2 Å². The van der Waals surface area contributed by atoms with Crippen molar-refractivity contribution in [2.45, 2.75) is 225 Å². The Morgan fingerprint density at radius 3 is 1.50 bits per heavy atom. The molecule has 4 N–H and O–H groups in total. The SMILES string of the molecule is CCCCCCCCCCCCCCCCCCCCCCCC(=O)OC[C@H](COP(=O)(O)OCCN)OC(=O)CCC/C=C\C/C=C\C/C=C\C/C=C\CC(O)CCC. The zero-order valence-electron chi connectivity index (χ0n) is 38.3. The van der Waals surface area contributed by atoms with Crippen LogP contribution in [-0.2, 0) is 32.7 Å². The van der Waals surface area contributed by atoms with Gasteiger partial charge >= 0.3 is 19.8 Å². The van der Waals surface area contributed by atoms with E-state index in [2.05, 4.69) is 44.2 Å². The van der Waals surface area contributed by atoms with Crippen LogP contribution in [0.3, 0.4) is 0 Å². The number of nitrogens with two attached hydrogens (primary N) is 1. The highest BCUT2D eigenvalue weighted by Gasteiger charge is 2.26. The van der Waals surface area contributed by atoms with Crippen molar-refractivity contribution in [2.24, 2.45) is 5.73 Å². The van der Waals surface area contributed by atoms with Gasteiger partial charge in [-0.25, -0.2) is 4.57 Å². The van der Waals surface area contributed by atoms with Gasteiger partial charge in [0.25, 0.3) is 0 Å². The molecule has 0 radical (unpaired) electrons. The molecular weight excluding hydrogens is 778 g/mol. The smallest absolute Gasteiger partial charge is 0.462 e. The number of hydrogen-bond donors (Lipinski definition) is 3. The number of unbranched alkanes of at least 4 members (excludes halogenated alkanes) is 21. The van der Waals surface area contributed by atoms with E-state index >= 15 is 0 Å². The van der Waals surface area contributed by atoms with Crippen LogP contribution < -0.4 is 5.73 Å². The first-order valence-electron chi connectivity index (χ1n) is 24.2. The van der Waals surface area contributed by atoms with Crippen molar-refractivity contribution in [1.29, 1.82) is 0 Å². The summed E-state index contributed by atoms with van der Waals surface area (Å²) < 4.78 is 32.8. The van der Waals surface area contributed by atoms with Crippen molar-refractivity contribution >= 4 is 19.8 Å². The molecule has 2 unspecified atom stereocenters. The number of carbonyl (C=O) groups is 2. The number of ether oxygens (including phenoxy) is 2. The van der Waals surface area contributed by atoms with Gasteiger partial charge in [-0.2, -0.15) is 0 Å². The molecule has 0 aliphatic heterocycles. The topological polar surface area (TPSA) is 155 Å². The Balaban J connectivity index is 4.15. The predicted octanol–water partition coefficient (Wildman–Crippen LogP) is 13.3. The number of allylic oxidation sites excluding steroid dienone is 7. The molecule has 0 aliphatic carbocycles. The Morgan fingerprint density at radius 2 is 1.02 bits per heavy atom. The Kier molecular flexibility index (Phi) is 43.4. The van der Waals surface area contributed by atoms with Crippen molar-refractivity contribution in [2.75, 3.05) is 26.4 Å². The molecule has 0 aromatic carbocycles. The summed E-state index contributed by atoms with van der Waals surface area (Å²) in [7, 11) is -4.40. The molecule has 0 heterocycles. The predicted molar refractivity (Wildman–Crippen MR) is 249 cm³/mol. The normalized spacial score (nSPS) is 14.2. The highest BCUT2D eigenvalue weighted by molar-refractivity contribution is 7.47. The summed E-state index contributed by atoms with van der Waals surface area (Å²) in [5, 5.41) is 9.73. The number of aliphatic hydroxyl groups excluding tert-OH is 1. The molecule has 0 rings (SSSR count). The average molecular weight is 868 g/mol. The molecule has 350 valence electrons. The minimum atomic E-state index is -4.40. The first-order valence-corrected chi connectivity index (χ1v) is 25.7. The summed E-state index contributed by atoms with van der Waals surface area (Å²) in [5.41, 5.74) is 5.35. The third-order valence-electron chi connectivity index (χ3n) is 10.3. The fraction of sp³-hybridized carbons (Fsp3) is 0.796. The number of rotatable bonds is 45. The zero-order chi connectivity index (χ0) is 44.0. The molecule has 0 bridgehead atoms. The molecule has 10 nitrogen and oxygen atoms in total. The third-order valence-corrected chi connectivity index (χ3v) is 11.3. The molecule has 0 amide bonds. The van der Waals surface area contributed by atoms with Crippen molar-refractivity contribution in [3.05, 3.63) is 48.6 Å². The molecule has 3 atom stereocenters. The first-order chi connectivity index (χ1) is 29.2. The highest BCUT2D eigenvalue weighted by Crippen LogP contribution is 2.43. The molecule has 0 aromatic heterocycles. The number of esters is 2. The lowest BCUT2D eigenvalue weighted by atomic mass is 10.0. The lowest BCUT2D eigenvalue weighted by molar-refractivity contribution is -0.161. The molecule has 0 aliphatic rings. The Bertz CT molecular complexity index is 1140. The van der Waals surface area contributed by atoms with E-state index < -0.39 is 32.5 Å². The maximum Gasteiger partial charge on any atom is 0.472 e. The van der Waals surface area contributed by atoms with Crippen LogP contribution in [0, 0.1) is 0 Å². The number of hydrogen-bond acceptors (Lipinski definition) is 9. The first kappa shape index (κ1) is 57.9. The molecule has 0 aromatic rings. The van der Waals surface area contributed by atoms with Crippen LogP contribution >= 0.6 is 7.82 Å². The van der Waals surface area contributed by atoms with E-state index in [4.69, 9.17) is 24.3 Å². The van der Waals surface area contributed by atoms with Gasteiger partial charge in [-0.15, -0.1) is 0 Å². The van der Waals surface area contributed by atoms with Crippen LogP contribution in [0.4, 0.5) is 0 Å². The van der Waals surface area contributed by atoms with Crippen molar-refractivity contribution in [3.63, 3.8) is 0 Å². The maximum atomic E-state index is 12.6. The quantitative estimate of drug-likeness (QED) is 0.0233. The Hall–Kier alpha value is -2.07. The van der Waals surface area contributed by atoms with E-state index in [1.165, 1.54) is 116 Å². The van der Waals surface area contributed by atoms with E-state index in [-0.39, 0.29) is 38.7 Å². The number of carbonyl (C=O) groups excluding carboxylic acids is 2. The second kappa shape index (κ2) is 45.0. The van der Waals surface area contributed by atoms with Crippen LogP contribution in [0.15, 0.2) is 48.6 Å². The minimum Gasteiger partial charge on any atom is -0.462 e. The summed E-state index contributed by atoms with van der Waals surface area (Å²) in [5.74, 6) is -0.908. The summed E-state index contributed by atoms with van der Waals surface area (Å²) in [4.78, 5) is 34.9. The molecular formula is C49H90NO9P. The van der Waals surface area contributed by atoms with Gasteiger partial charge in [0.2, 0.25) is 0 Å². The summed E-state index contributed by atoms with van der Waals surface area (Å²) in [6, 6.07) is 0. The lowest BCUT2D eigenvalue weighted by Crippen LogP contribution is -2.29. The van der Waals surface area contributed by atoms with Gasteiger partial charge in [-0.1, -0.05) is 197 Å². The molecule has 0 fully saturated rings. The Labute approximate surface area is 367 Å². The van der Waals surface area contributed by atoms with Crippen molar-refractivity contribution < 1.29 is 42.7 Å². The van der Waals surface area contributed by atoms with Gasteiger partial charge in [0.05, 0.1) is 19.3 Å². The second-order valence-corrected chi connectivity index (χ2v) is 17.6. The van der Waals surface area contributed by atoms with Crippen LogP contribution in [0.25, 0.3) is 0 Å². The van der Waals surface area contributed by atoms with Gasteiger partial charge in [0.1, 0.15) is 6.61 Å². The summed E-state index contributed by atoms with van der Waals surface area (Å²) in [6.07, 6.45) is 49.3. The molecule has 11 heteroatoms. The molecule has 0 spiro atoms. The fourth-order valence-electron chi connectivity index (χ4n) is 6.70. The highest BCUT2D eigenvalue weighted by atomic mass is 31.2. The second-order valence-electron chi connectivity index (χ2n) is 16.2. The standard InChI is InChI=1S/C49H90NO9P/c1-3-5-6-7-8-9-10-11-12-13-14-15-16-17-18-21-24-27-30-33-36-40-48(52)56-44-47(45-58-60(54,55)57-43-42-50)59-49(53)41-37-34-31-28-25-22-19-20-23-26-29-32-35-39-46(51)38-4-2/h19,22-23,26,28,31-32,35,46-47,51H,3-18,20-21,24-25,27,29-30,33-34,36-45,50H2,1-2H3,(H,54,55)/b22-19-,26-23-,31-28-,35-32-/t46?,47-/m1/s1. The average Bonchev–Trinajstić information content (AvgIpc) is 3.23. The van der Waals surface area contributed by atoms with Gasteiger partial charge in [0, 0.05) is 19.4 Å². The maximum absolute atomic E-state index is 12.6. The van der Waals surface area contributed by atoms with Gasteiger partial charge in [0.15, 0.2) is 6.10 Å². The van der Waals surface area contributed by atoms with Gasteiger partial charge in [-0.05, 0) is 51.4 Å². The fourth-order valence-corrected chi connectivity index (χ4v) is 7.47. The lowest BCUT2D eigenvalue weighted by Gasteiger charge is -2.19. The molecule has 0 saturated carbocycles. The molecule has 60 heavy (non-hydrogen) atoms. The third kappa shape index (κ3) is 44.0. The monoisotopic (exact) mass is 868 g/mol. The van der Waals surface area contributed by atoms with E-state index in [1.54, 1.807) is 0 Å². The van der Waals surface area contributed by atoms with Gasteiger partial charge < -0.3 is 25.2 Å². The van der Waals surface area contributed by atoms with E-state index in [9.17, 15) is 24.2 Å². The van der Waals surface area contributed by atoms with Crippen molar-refractivity contribution in [3.8, 4) is 0 Å². The Morgan fingerprint density at radius 1 is 0.567 bits per heavy atom. The van der Waals surface area contributed by atoms with Crippen LogP contribution in [0.1, 0.15) is 213 Å². The minimum absolute atomic E-state index is 0.0382. The van der Waals surface area contributed by atoms with E-state index in [0.29, 0.717) is 19.3 Å². The largest absolute Gasteiger partial charge is 0.472 e. The molecule has 0 saturated heterocycles. The van der Waals surface area contributed by atoms with Crippen LogP contribution in [0.2, 0.25) is 0 Å². The summed E-state index contributed by atoms with van der Waals surface area (Å²) in [6.45, 7) is 3.48. The number of aliphatic hydroxyl groups is 1. The summed E-state index contributed by atoms with van der Waals surface area (Å²) >= 11 is 0. The van der Waals surface area contributed by atoms with Gasteiger partial charge in [-0.3, -0.25) is 18.6 Å². The van der Waals surface area contributed by atoms with E-state index in [0.717, 1.165) is 51.4 Å². The zero-order valence-corrected chi connectivity index (χ0v) is 39.2. The number of phosphoric acid groups is 1. The van der Waals surface area contributed by atoms with Crippen LogP contribution in [0.5, 0.6) is 0 Å². The van der Waals surface area contributed by atoms with Crippen LogP contribution in [-0.4, -0.2) is 60.5 Å². The number of phosphoric ester groups is 1.